The summed E-state index contributed by atoms with van der Waals surface area (Å²) in [5, 5.41) is 6.55. The SMILES string of the molecule is CCNCc1csc(N(C)C(C)C(C)C)n1. The van der Waals surface area contributed by atoms with Crippen LogP contribution in [-0.4, -0.2) is 24.6 Å². The second-order valence-electron chi connectivity index (χ2n) is 4.50. The Morgan fingerprint density at radius 1 is 1.44 bits per heavy atom. The molecule has 0 spiro atoms. The molecule has 1 heterocycles. The predicted molar refractivity (Wildman–Crippen MR) is 72.2 cm³/mol. The number of aromatic nitrogens is 1. The third-order valence-electron chi connectivity index (χ3n) is 2.97. The lowest BCUT2D eigenvalue weighted by Gasteiger charge is -2.27. The molecule has 1 unspecified atom stereocenters. The molecule has 0 radical (unpaired) electrons. The van der Waals surface area contributed by atoms with E-state index in [1.54, 1.807) is 11.3 Å². The van der Waals surface area contributed by atoms with Crippen molar-refractivity contribution in [3.8, 4) is 0 Å². The average molecular weight is 241 g/mol. The maximum Gasteiger partial charge on any atom is 0.185 e. The van der Waals surface area contributed by atoms with Crippen molar-refractivity contribution in [3.63, 3.8) is 0 Å². The van der Waals surface area contributed by atoms with E-state index in [1.165, 1.54) is 0 Å². The van der Waals surface area contributed by atoms with Gasteiger partial charge in [-0.05, 0) is 19.4 Å². The van der Waals surface area contributed by atoms with Gasteiger partial charge in [0, 0.05) is 25.0 Å². The van der Waals surface area contributed by atoms with E-state index in [9.17, 15) is 0 Å². The molecule has 4 heteroatoms. The summed E-state index contributed by atoms with van der Waals surface area (Å²) in [4.78, 5) is 6.90. The van der Waals surface area contributed by atoms with Gasteiger partial charge in [0.15, 0.2) is 5.13 Å². The van der Waals surface area contributed by atoms with E-state index in [-0.39, 0.29) is 0 Å². The molecule has 1 atom stereocenters. The first-order valence-electron chi connectivity index (χ1n) is 5.94. The van der Waals surface area contributed by atoms with Crippen LogP contribution in [0.1, 0.15) is 33.4 Å². The summed E-state index contributed by atoms with van der Waals surface area (Å²) in [7, 11) is 2.13. The van der Waals surface area contributed by atoms with Gasteiger partial charge in [0.2, 0.25) is 0 Å². The van der Waals surface area contributed by atoms with Crippen molar-refractivity contribution in [1.82, 2.24) is 10.3 Å². The quantitative estimate of drug-likeness (QED) is 0.830. The summed E-state index contributed by atoms with van der Waals surface area (Å²) in [5.41, 5.74) is 1.14. The summed E-state index contributed by atoms with van der Waals surface area (Å²) in [5.74, 6) is 0.645. The molecule has 0 aliphatic rings. The molecular formula is C12H23N3S. The Morgan fingerprint density at radius 3 is 2.69 bits per heavy atom. The average Bonchev–Trinajstić information content (AvgIpc) is 2.72. The van der Waals surface area contributed by atoms with Gasteiger partial charge in [-0.25, -0.2) is 4.98 Å². The fourth-order valence-corrected chi connectivity index (χ4v) is 2.29. The van der Waals surface area contributed by atoms with Gasteiger partial charge in [-0.3, -0.25) is 0 Å². The van der Waals surface area contributed by atoms with Gasteiger partial charge in [0.1, 0.15) is 0 Å². The maximum absolute atomic E-state index is 4.63. The standard InChI is InChI=1S/C12H23N3S/c1-6-13-7-11-8-16-12(14-11)15(5)10(4)9(2)3/h8-10,13H,6-7H2,1-5H3. The number of nitrogens with one attached hydrogen (secondary N) is 1. The van der Waals surface area contributed by atoms with Crippen LogP contribution in [0.5, 0.6) is 0 Å². The molecule has 0 fully saturated rings. The van der Waals surface area contributed by atoms with Crippen molar-refractivity contribution in [2.45, 2.75) is 40.3 Å². The Morgan fingerprint density at radius 2 is 2.12 bits per heavy atom. The molecule has 1 aromatic rings. The molecule has 0 aliphatic carbocycles. The normalized spacial score (nSPS) is 13.1. The zero-order valence-electron chi connectivity index (χ0n) is 10.9. The second kappa shape index (κ2) is 6.21. The Bertz CT molecular complexity index is 309. The number of anilines is 1. The lowest BCUT2D eigenvalue weighted by atomic mass is 10.1. The third kappa shape index (κ3) is 3.46. The summed E-state index contributed by atoms with van der Waals surface area (Å²) in [6.07, 6.45) is 0. The smallest absolute Gasteiger partial charge is 0.185 e. The zero-order valence-corrected chi connectivity index (χ0v) is 11.8. The van der Waals surface area contributed by atoms with Gasteiger partial charge in [-0.15, -0.1) is 11.3 Å². The van der Waals surface area contributed by atoms with Gasteiger partial charge in [0.05, 0.1) is 5.69 Å². The molecule has 0 saturated carbocycles. The first-order valence-corrected chi connectivity index (χ1v) is 6.82. The highest BCUT2D eigenvalue weighted by Gasteiger charge is 2.16. The number of hydrogen-bond acceptors (Lipinski definition) is 4. The molecular weight excluding hydrogens is 218 g/mol. The lowest BCUT2D eigenvalue weighted by Crippen LogP contribution is -2.33. The van der Waals surface area contributed by atoms with E-state index < -0.39 is 0 Å². The Labute approximate surface area is 103 Å². The number of hydrogen-bond donors (Lipinski definition) is 1. The van der Waals surface area contributed by atoms with Crippen LogP contribution >= 0.6 is 11.3 Å². The van der Waals surface area contributed by atoms with Gasteiger partial charge < -0.3 is 10.2 Å². The largest absolute Gasteiger partial charge is 0.348 e. The lowest BCUT2D eigenvalue weighted by molar-refractivity contribution is 0.504. The Balaban J connectivity index is 2.62. The minimum atomic E-state index is 0.526. The number of nitrogens with zero attached hydrogens (tertiary/aromatic N) is 2. The molecule has 1 aromatic heterocycles. The van der Waals surface area contributed by atoms with Crippen LogP contribution in [0.15, 0.2) is 5.38 Å². The van der Waals surface area contributed by atoms with Crippen LogP contribution < -0.4 is 10.2 Å². The Kier molecular flexibility index (Phi) is 5.22. The van der Waals surface area contributed by atoms with Crippen LogP contribution in [0.2, 0.25) is 0 Å². The van der Waals surface area contributed by atoms with E-state index in [0.29, 0.717) is 12.0 Å². The number of thiazole rings is 1. The molecule has 0 amide bonds. The van der Waals surface area contributed by atoms with Crippen LogP contribution in [0.4, 0.5) is 5.13 Å². The molecule has 92 valence electrons. The molecule has 1 rings (SSSR count). The molecule has 16 heavy (non-hydrogen) atoms. The fraction of sp³-hybridized carbons (Fsp3) is 0.750. The van der Waals surface area contributed by atoms with Crippen LogP contribution in [0.3, 0.4) is 0 Å². The minimum absolute atomic E-state index is 0.526. The fourth-order valence-electron chi connectivity index (χ4n) is 1.41. The maximum atomic E-state index is 4.63. The minimum Gasteiger partial charge on any atom is -0.348 e. The highest BCUT2D eigenvalue weighted by atomic mass is 32.1. The predicted octanol–water partition coefficient (Wildman–Crippen LogP) is 2.73. The van der Waals surface area contributed by atoms with Crippen LogP contribution in [0, 0.1) is 5.92 Å². The topological polar surface area (TPSA) is 28.2 Å². The summed E-state index contributed by atoms with van der Waals surface area (Å²) in [6.45, 7) is 10.7. The molecule has 0 saturated heterocycles. The third-order valence-corrected chi connectivity index (χ3v) is 3.95. The first kappa shape index (κ1) is 13.5. The summed E-state index contributed by atoms with van der Waals surface area (Å²) >= 11 is 1.73. The molecule has 0 aromatic carbocycles. The first-order chi connectivity index (χ1) is 7.56. The highest BCUT2D eigenvalue weighted by molar-refractivity contribution is 7.13. The van der Waals surface area contributed by atoms with Gasteiger partial charge >= 0.3 is 0 Å². The van der Waals surface area contributed by atoms with Crippen molar-refractivity contribution in [3.05, 3.63) is 11.1 Å². The van der Waals surface area contributed by atoms with E-state index in [2.05, 4.69) is 55.3 Å². The molecule has 0 aliphatic heterocycles. The van der Waals surface area contributed by atoms with E-state index >= 15 is 0 Å². The molecule has 0 bridgehead atoms. The van der Waals surface area contributed by atoms with Crippen LogP contribution in [0.25, 0.3) is 0 Å². The number of rotatable bonds is 6. The monoisotopic (exact) mass is 241 g/mol. The second-order valence-corrected chi connectivity index (χ2v) is 5.33. The van der Waals surface area contributed by atoms with E-state index in [0.717, 1.165) is 23.9 Å². The van der Waals surface area contributed by atoms with Gasteiger partial charge in [-0.2, -0.15) is 0 Å². The highest BCUT2D eigenvalue weighted by Crippen LogP contribution is 2.23. The van der Waals surface area contributed by atoms with Crippen molar-refractivity contribution >= 4 is 16.5 Å². The zero-order chi connectivity index (χ0) is 12.1. The van der Waals surface area contributed by atoms with E-state index in [1.807, 2.05) is 0 Å². The molecule has 1 N–H and O–H groups in total. The van der Waals surface area contributed by atoms with Crippen molar-refractivity contribution < 1.29 is 0 Å². The summed E-state index contributed by atoms with van der Waals surface area (Å²) < 4.78 is 0. The van der Waals surface area contributed by atoms with Gasteiger partial charge in [0.25, 0.3) is 0 Å². The molecule has 3 nitrogen and oxygen atoms in total. The van der Waals surface area contributed by atoms with Crippen molar-refractivity contribution in [2.24, 2.45) is 5.92 Å². The van der Waals surface area contributed by atoms with Crippen molar-refractivity contribution in [1.29, 1.82) is 0 Å². The van der Waals surface area contributed by atoms with Gasteiger partial charge in [-0.1, -0.05) is 20.8 Å². The summed E-state index contributed by atoms with van der Waals surface area (Å²) in [6, 6.07) is 0.526. The van der Waals surface area contributed by atoms with E-state index in [4.69, 9.17) is 0 Å². The Hall–Kier alpha value is -0.610. The van der Waals surface area contributed by atoms with Crippen molar-refractivity contribution in [2.75, 3.05) is 18.5 Å². The van der Waals surface area contributed by atoms with Crippen LogP contribution in [-0.2, 0) is 6.54 Å².